The van der Waals surface area contributed by atoms with Crippen LogP contribution in [0.15, 0.2) is 0 Å². The molecule has 1 atom stereocenters. The van der Waals surface area contributed by atoms with Crippen molar-refractivity contribution >= 4 is 5.91 Å². The lowest BCUT2D eigenvalue weighted by atomic mass is 10.1. The summed E-state index contributed by atoms with van der Waals surface area (Å²) in [5.74, 6) is 0.305. The maximum absolute atomic E-state index is 11.8. The third-order valence-corrected chi connectivity index (χ3v) is 2.33. The largest absolute Gasteiger partial charge is 0.339 e. The first-order chi connectivity index (χ1) is 7.02. The molecule has 1 unspecified atom stereocenters. The number of hydrogen-bond acceptors (Lipinski definition) is 3. The van der Waals surface area contributed by atoms with E-state index in [9.17, 15) is 4.79 Å². The van der Waals surface area contributed by atoms with Gasteiger partial charge in [-0.25, -0.2) is 0 Å². The Hall–Kier alpha value is -1.08. The van der Waals surface area contributed by atoms with E-state index in [1.54, 1.807) is 4.90 Å². The highest BCUT2D eigenvalue weighted by Crippen LogP contribution is 2.08. The van der Waals surface area contributed by atoms with Crippen LogP contribution >= 0.6 is 0 Å². The maximum atomic E-state index is 11.8. The van der Waals surface area contributed by atoms with Gasteiger partial charge in [0.05, 0.1) is 12.5 Å². The summed E-state index contributed by atoms with van der Waals surface area (Å²) < 4.78 is 0. The molecule has 0 aromatic rings. The van der Waals surface area contributed by atoms with Crippen LogP contribution in [-0.2, 0) is 4.79 Å². The highest BCUT2D eigenvalue weighted by molar-refractivity contribution is 5.76. The first-order valence-corrected chi connectivity index (χ1v) is 5.39. The number of carbonyl (C=O) groups excluding carboxylic acids is 1. The Kier molecular flexibility index (Phi) is 6.72. The molecule has 0 aliphatic heterocycles. The standard InChI is InChI=1S/C11H21N3O/c1-9(2)14(6-4-5-12)11(15)7-10(3)8-13/h9-10H,4,6-8,13H2,1-3H3. The van der Waals surface area contributed by atoms with E-state index < -0.39 is 0 Å². The summed E-state index contributed by atoms with van der Waals surface area (Å²) in [4.78, 5) is 13.6. The predicted octanol–water partition coefficient (Wildman–Crippen LogP) is 1.12. The predicted molar refractivity (Wildman–Crippen MR) is 59.9 cm³/mol. The maximum Gasteiger partial charge on any atom is 0.223 e. The molecular weight excluding hydrogens is 190 g/mol. The fourth-order valence-corrected chi connectivity index (χ4v) is 1.34. The Labute approximate surface area is 92.0 Å². The van der Waals surface area contributed by atoms with Crippen LogP contribution in [0.2, 0.25) is 0 Å². The lowest BCUT2D eigenvalue weighted by Gasteiger charge is -2.26. The van der Waals surface area contributed by atoms with Crippen LogP contribution in [0.1, 0.15) is 33.6 Å². The molecule has 2 N–H and O–H groups in total. The Morgan fingerprint density at radius 1 is 1.47 bits per heavy atom. The topological polar surface area (TPSA) is 70.1 Å². The van der Waals surface area contributed by atoms with Crippen LogP contribution in [0.25, 0.3) is 0 Å². The molecule has 0 saturated heterocycles. The van der Waals surface area contributed by atoms with Gasteiger partial charge in [-0.05, 0) is 26.3 Å². The smallest absolute Gasteiger partial charge is 0.223 e. The van der Waals surface area contributed by atoms with Gasteiger partial charge in [-0.1, -0.05) is 6.92 Å². The molecule has 86 valence electrons. The summed E-state index contributed by atoms with van der Waals surface area (Å²) in [6, 6.07) is 2.21. The van der Waals surface area contributed by atoms with Gasteiger partial charge < -0.3 is 10.6 Å². The van der Waals surface area contributed by atoms with Crippen molar-refractivity contribution in [3.05, 3.63) is 0 Å². The summed E-state index contributed by atoms with van der Waals surface area (Å²) in [5, 5.41) is 8.50. The molecule has 0 bridgehead atoms. The third kappa shape index (κ3) is 5.38. The van der Waals surface area contributed by atoms with Crippen molar-refractivity contribution in [2.24, 2.45) is 11.7 Å². The number of carbonyl (C=O) groups is 1. The van der Waals surface area contributed by atoms with E-state index in [-0.39, 0.29) is 17.9 Å². The Balaban J connectivity index is 4.24. The minimum absolute atomic E-state index is 0.0956. The zero-order chi connectivity index (χ0) is 11.8. The van der Waals surface area contributed by atoms with Crippen molar-refractivity contribution in [3.8, 4) is 6.07 Å². The van der Waals surface area contributed by atoms with E-state index in [0.29, 0.717) is 25.9 Å². The molecule has 0 radical (unpaired) electrons. The van der Waals surface area contributed by atoms with Gasteiger partial charge in [-0.3, -0.25) is 4.79 Å². The second-order valence-corrected chi connectivity index (χ2v) is 4.13. The van der Waals surface area contributed by atoms with Gasteiger partial charge in [0, 0.05) is 19.0 Å². The van der Waals surface area contributed by atoms with Crippen LogP contribution in [0.3, 0.4) is 0 Å². The number of nitrogens with two attached hydrogens (primary N) is 1. The normalized spacial score (nSPS) is 12.3. The fourth-order valence-electron chi connectivity index (χ4n) is 1.34. The average molecular weight is 211 g/mol. The van der Waals surface area contributed by atoms with Crippen molar-refractivity contribution in [2.75, 3.05) is 13.1 Å². The molecule has 0 aliphatic rings. The molecule has 4 heteroatoms. The van der Waals surface area contributed by atoms with Gasteiger partial charge in [0.1, 0.15) is 0 Å². The summed E-state index contributed by atoms with van der Waals surface area (Å²) >= 11 is 0. The Morgan fingerprint density at radius 3 is 2.47 bits per heavy atom. The molecule has 15 heavy (non-hydrogen) atoms. The van der Waals surface area contributed by atoms with E-state index in [1.807, 2.05) is 20.8 Å². The summed E-state index contributed by atoms with van der Waals surface area (Å²) in [7, 11) is 0. The molecule has 0 aliphatic carbocycles. The van der Waals surface area contributed by atoms with E-state index in [0.717, 1.165) is 0 Å². The van der Waals surface area contributed by atoms with E-state index >= 15 is 0 Å². The van der Waals surface area contributed by atoms with Crippen LogP contribution in [-0.4, -0.2) is 29.9 Å². The van der Waals surface area contributed by atoms with Crippen LogP contribution < -0.4 is 5.73 Å². The third-order valence-electron chi connectivity index (χ3n) is 2.33. The number of amides is 1. The molecule has 0 fully saturated rings. The molecule has 0 aromatic carbocycles. The highest BCUT2D eigenvalue weighted by atomic mass is 16.2. The Bertz CT molecular complexity index is 232. The first-order valence-electron chi connectivity index (χ1n) is 5.39. The lowest BCUT2D eigenvalue weighted by molar-refractivity contribution is -0.133. The van der Waals surface area contributed by atoms with E-state index in [4.69, 9.17) is 11.0 Å². The van der Waals surface area contributed by atoms with Crippen molar-refractivity contribution in [3.63, 3.8) is 0 Å². The van der Waals surface area contributed by atoms with Crippen molar-refractivity contribution in [1.29, 1.82) is 5.26 Å². The molecule has 0 rings (SSSR count). The van der Waals surface area contributed by atoms with Crippen LogP contribution in [0, 0.1) is 17.2 Å². The van der Waals surface area contributed by atoms with Gasteiger partial charge in [-0.2, -0.15) is 5.26 Å². The number of nitrogens with zero attached hydrogens (tertiary/aromatic N) is 2. The van der Waals surface area contributed by atoms with Crippen molar-refractivity contribution < 1.29 is 4.79 Å². The second-order valence-electron chi connectivity index (χ2n) is 4.13. The molecule has 0 heterocycles. The monoisotopic (exact) mass is 211 g/mol. The van der Waals surface area contributed by atoms with Crippen LogP contribution in [0.5, 0.6) is 0 Å². The number of hydrogen-bond donors (Lipinski definition) is 1. The summed E-state index contributed by atoms with van der Waals surface area (Å²) in [6.07, 6.45) is 0.862. The SMILES string of the molecule is CC(CN)CC(=O)N(CCC#N)C(C)C. The van der Waals surface area contributed by atoms with Crippen molar-refractivity contribution in [2.45, 2.75) is 39.7 Å². The average Bonchev–Trinajstić information content (AvgIpc) is 2.17. The molecule has 0 spiro atoms. The molecule has 4 nitrogen and oxygen atoms in total. The molecular formula is C11H21N3O. The molecule has 1 amide bonds. The van der Waals surface area contributed by atoms with E-state index in [2.05, 4.69) is 6.07 Å². The molecule has 0 saturated carbocycles. The van der Waals surface area contributed by atoms with E-state index in [1.165, 1.54) is 0 Å². The highest BCUT2D eigenvalue weighted by Gasteiger charge is 2.18. The number of nitriles is 1. The first kappa shape index (κ1) is 13.9. The minimum Gasteiger partial charge on any atom is -0.339 e. The zero-order valence-corrected chi connectivity index (χ0v) is 9.86. The summed E-state index contributed by atoms with van der Waals surface area (Å²) in [5.41, 5.74) is 5.47. The molecule has 0 aromatic heterocycles. The quantitative estimate of drug-likeness (QED) is 0.715. The minimum atomic E-state index is 0.0956. The zero-order valence-electron chi connectivity index (χ0n) is 9.86. The van der Waals surface area contributed by atoms with Gasteiger partial charge in [-0.15, -0.1) is 0 Å². The van der Waals surface area contributed by atoms with Gasteiger partial charge >= 0.3 is 0 Å². The summed E-state index contributed by atoms with van der Waals surface area (Å²) in [6.45, 7) is 6.92. The van der Waals surface area contributed by atoms with Gasteiger partial charge in [0.25, 0.3) is 0 Å². The van der Waals surface area contributed by atoms with Gasteiger partial charge in [0.2, 0.25) is 5.91 Å². The number of rotatable bonds is 6. The fraction of sp³-hybridized carbons (Fsp3) is 0.818. The van der Waals surface area contributed by atoms with Crippen LogP contribution in [0.4, 0.5) is 0 Å². The second kappa shape index (κ2) is 7.24. The van der Waals surface area contributed by atoms with Crippen molar-refractivity contribution in [1.82, 2.24) is 4.90 Å². The van der Waals surface area contributed by atoms with Gasteiger partial charge in [0.15, 0.2) is 0 Å². The lowest BCUT2D eigenvalue weighted by Crippen LogP contribution is -2.38. The Morgan fingerprint density at radius 2 is 2.07 bits per heavy atom.